The van der Waals surface area contributed by atoms with Gasteiger partial charge in [0.2, 0.25) is 0 Å². The number of amides is 2. The van der Waals surface area contributed by atoms with Crippen LogP contribution in [0.1, 0.15) is 0 Å². The highest BCUT2D eigenvalue weighted by atomic mass is 32.2. The lowest BCUT2D eigenvalue weighted by Crippen LogP contribution is -2.19. The Bertz CT molecular complexity index is 602. The number of carbonyl (C=O) groups excluding carboxylic acids is 1. The van der Waals surface area contributed by atoms with E-state index in [4.69, 9.17) is 4.55 Å². The molecule has 0 saturated carbocycles. The first kappa shape index (κ1) is 14.0. The molecule has 2 aromatic rings. The molecule has 0 radical (unpaired) electrons. The van der Waals surface area contributed by atoms with Gasteiger partial charge in [0.25, 0.3) is 11.3 Å². The van der Waals surface area contributed by atoms with Crippen molar-refractivity contribution < 1.29 is 13.6 Å². The Labute approximate surface area is 118 Å². The van der Waals surface area contributed by atoms with Crippen LogP contribution < -0.4 is 15.4 Å². The molecule has 2 amide bonds. The SMILES string of the molecule is O=C(Nc1ccccc1)Nc1ccc(NS(=O)O)cc1. The molecule has 0 heterocycles. The largest absolute Gasteiger partial charge is 0.323 e. The van der Waals surface area contributed by atoms with E-state index < -0.39 is 11.3 Å². The summed E-state index contributed by atoms with van der Waals surface area (Å²) < 4.78 is 21.5. The van der Waals surface area contributed by atoms with Gasteiger partial charge in [-0.15, -0.1) is 0 Å². The van der Waals surface area contributed by atoms with E-state index in [1.165, 1.54) is 0 Å². The van der Waals surface area contributed by atoms with E-state index in [-0.39, 0.29) is 6.03 Å². The van der Waals surface area contributed by atoms with Crippen LogP contribution in [0.3, 0.4) is 0 Å². The number of para-hydroxylation sites is 1. The Morgan fingerprint density at radius 2 is 1.35 bits per heavy atom. The summed E-state index contributed by atoms with van der Waals surface area (Å²) in [5, 5.41) is 5.34. The van der Waals surface area contributed by atoms with Crippen LogP contribution in [0.15, 0.2) is 54.6 Å². The van der Waals surface area contributed by atoms with E-state index in [0.29, 0.717) is 17.1 Å². The highest BCUT2D eigenvalue weighted by molar-refractivity contribution is 7.80. The van der Waals surface area contributed by atoms with Crippen LogP contribution in [0.4, 0.5) is 21.9 Å². The number of nitrogens with one attached hydrogen (secondary N) is 3. The number of hydrogen-bond acceptors (Lipinski definition) is 2. The maximum absolute atomic E-state index is 11.7. The van der Waals surface area contributed by atoms with E-state index >= 15 is 0 Å². The molecule has 20 heavy (non-hydrogen) atoms. The predicted molar refractivity (Wildman–Crippen MR) is 79.9 cm³/mol. The summed E-state index contributed by atoms with van der Waals surface area (Å²) in [4.78, 5) is 11.7. The van der Waals surface area contributed by atoms with Crippen molar-refractivity contribution >= 4 is 34.4 Å². The third-order valence-corrected chi connectivity index (χ3v) is 2.79. The van der Waals surface area contributed by atoms with Gasteiger partial charge in [-0.05, 0) is 36.4 Å². The number of carbonyl (C=O) groups is 1. The quantitative estimate of drug-likeness (QED) is 0.653. The van der Waals surface area contributed by atoms with Crippen LogP contribution >= 0.6 is 0 Å². The summed E-state index contributed by atoms with van der Waals surface area (Å²) in [6, 6.07) is 15.1. The Morgan fingerprint density at radius 1 is 0.850 bits per heavy atom. The third-order valence-electron chi connectivity index (χ3n) is 2.38. The zero-order chi connectivity index (χ0) is 14.4. The van der Waals surface area contributed by atoms with Crippen molar-refractivity contribution in [2.45, 2.75) is 0 Å². The lowest BCUT2D eigenvalue weighted by atomic mass is 10.3. The summed E-state index contributed by atoms with van der Waals surface area (Å²) in [6.07, 6.45) is 0. The minimum atomic E-state index is -2.11. The van der Waals surface area contributed by atoms with Crippen molar-refractivity contribution in [3.05, 3.63) is 54.6 Å². The van der Waals surface area contributed by atoms with Crippen molar-refractivity contribution in [1.29, 1.82) is 0 Å². The molecule has 0 saturated heterocycles. The zero-order valence-electron chi connectivity index (χ0n) is 10.4. The molecule has 0 aromatic heterocycles. The molecule has 0 aliphatic carbocycles. The smallest absolute Gasteiger partial charge is 0.308 e. The maximum atomic E-state index is 11.7. The van der Waals surface area contributed by atoms with Crippen molar-refractivity contribution in [3.63, 3.8) is 0 Å². The molecule has 0 aliphatic rings. The zero-order valence-corrected chi connectivity index (χ0v) is 11.2. The summed E-state index contributed by atoms with van der Waals surface area (Å²) in [6.45, 7) is 0. The van der Waals surface area contributed by atoms with Crippen LogP contribution in [-0.4, -0.2) is 14.8 Å². The van der Waals surface area contributed by atoms with E-state index in [9.17, 15) is 9.00 Å². The van der Waals surface area contributed by atoms with Crippen molar-refractivity contribution in [3.8, 4) is 0 Å². The molecule has 7 heteroatoms. The van der Waals surface area contributed by atoms with Crippen LogP contribution in [0.5, 0.6) is 0 Å². The fourth-order valence-electron chi connectivity index (χ4n) is 1.54. The van der Waals surface area contributed by atoms with Crippen LogP contribution in [0, 0.1) is 0 Å². The lowest BCUT2D eigenvalue weighted by molar-refractivity contribution is 0.262. The normalized spacial score (nSPS) is 11.4. The second-order valence-corrected chi connectivity index (χ2v) is 4.58. The highest BCUT2D eigenvalue weighted by Gasteiger charge is 2.02. The fourth-order valence-corrected chi connectivity index (χ4v) is 1.88. The van der Waals surface area contributed by atoms with Crippen LogP contribution in [0.2, 0.25) is 0 Å². The van der Waals surface area contributed by atoms with E-state index in [0.717, 1.165) is 0 Å². The van der Waals surface area contributed by atoms with Gasteiger partial charge in [-0.3, -0.25) is 9.27 Å². The molecule has 0 bridgehead atoms. The first-order valence-corrected chi connectivity index (χ1v) is 6.85. The van der Waals surface area contributed by atoms with Crippen LogP contribution in [0.25, 0.3) is 0 Å². The number of benzene rings is 2. The van der Waals surface area contributed by atoms with Crippen molar-refractivity contribution in [2.75, 3.05) is 15.4 Å². The third kappa shape index (κ3) is 4.38. The monoisotopic (exact) mass is 291 g/mol. The number of anilines is 3. The van der Waals surface area contributed by atoms with Gasteiger partial charge in [0, 0.05) is 17.1 Å². The fraction of sp³-hybridized carbons (Fsp3) is 0. The Balaban J connectivity index is 1.93. The average Bonchev–Trinajstić information content (AvgIpc) is 2.41. The minimum Gasteiger partial charge on any atom is -0.308 e. The van der Waals surface area contributed by atoms with Gasteiger partial charge in [0.15, 0.2) is 0 Å². The molecule has 0 spiro atoms. The Morgan fingerprint density at radius 3 is 1.90 bits per heavy atom. The van der Waals surface area contributed by atoms with Crippen molar-refractivity contribution in [2.24, 2.45) is 0 Å². The average molecular weight is 291 g/mol. The topological polar surface area (TPSA) is 90.5 Å². The first-order chi connectivity index (χ1) is 9.63. The van der Waals surface area contributed by atoms with Gasteiger partial charge >= 0.3 is 6.03 Å². The minimum absolute atomic E-state index is 0.359. The second-order valence-electron chi connectivity index (χ2n) is 3.87. The molecule has 2 rings (SSSR count). The van der Waals surface area contributed by atoms with Gasteiger partial charge in [0.1, 0.15) is 0 Å². The summed E-state index contributed by atoms with van der Waals surface area (Å²) in [5.74, 6) is 0. The van der Waals surface area contributed by atoms with Gasteiger partial charge < -0.3 is 10.6 Å². The first-order valence-electron chi connectivity index (χ1n) is 5.74. The maximum Gasteiger partial charge on any atom is 0.323 e. The van der Waals surface area contributed by atoms with E-state index in [2.05, 4.69) is 15.4 Å². The number of hydrogen-bond donors (Lipinski definition) is 4. The molecular weight excluding hydrogens is 278 g/mol. The molecule has 4 N–H and O–H groups in total. The van der Waals surface area contributed by atoms with Gasteiger partial charge in [-0.2, -0.15) is 0 Å². The lowest BCUT2D eigenvalue weighted by Gasteiger charge is -2.08. The van der Waals surface area contributed by atoms with Gasteiger partial charge in [0.05, 0.1) is 0 Å². The molecule has 6 nitrogen and oxygen atoms in total. The molecule has 1 unspecified atom stereocenters. The van der Waals surface area contributed by atoms with Gasteiger partial charge in [-0.25, -0.2) is 9.00 Å². The van der Waals surface area contributed by atoms with Crippen LogP contribution in [-0.2, 0) is 11.3 Å². The molecule has 0 fully saturated rings. The molecule has 2 aromatic carbocycles. The summed E-state index contributed by atoms with van der Waals surface area (Å²) in [7, 11) is 0. The summed E-state index contributed by atoms with van der Waals surface area (Å²) in [5.41, 5.74) is 1.76. The highest BCUT2D eigenvalue weighted by Crippen LogP contribution is 2.14. The van der Waals surface area contributed by atoms with E-state index in [1.807, 2.05) is 18.2 Å². The predicted octanol–water partition coefficient (Wildman–Crippen LogP) is 2.88. The van der Waals surface area contributed by atoms with E-state index in [1.54, 1.807) is 36.4 Å². The number of rotatable bonds is 4. The molecule has 104 valence electrons. The standard InChI is InChI=1S/C13H13N3O3S/c17-13(14-10-4-2-1-3-5-10)15-11-6-8-12(9-7-11)16-20(18)19/h1-9,16H,(H,18,19)(H2,14,15,17). The van der Waals surface area contributed by atoms with Gasteiger partial charge in [-0.1, -0.05) is 18.2 Å². The van der Waals surface area contributed by atoms with Crippen molar-refractivity contribution in [1.82, 2.24) is 0 Å². The Kier molecular flexibility index (Phi) is 4.70. The summed E-state index contributed by atoms with van der Waals surface area (Å²) >= 11 is -2.11. The number of urea groups is 1. The molecule has 1 atom stereocenters. The second kappa shape index (κ2) is 6.69. The molecular formula is C13H13N3O3S. The Hall–Kier alpha value is -2.38. The molecule has 0 aliphatic heterocycles.